The van der Waals surface area contributed by atoms with E-state index in [0.717, 1.165) is 43.8 Å². The number of H-pyrrole nitrogens is 2. The lowest BCUT2D eigenvalue weighted by Crippen LogP contribution is -1.91. The van der Waals surface area contributed by atoms with Gasteiger partial charge in [-0.2, -0.15) is 0 Å². The van der Waals surface area contributed by atoms with Crippen LogP contribution >= 0.6 is 15.9 Å². The molecule has 0 fully saturated rings. The van der Waals surface area contributed by atoms with Gasteiger partial charge in [0.15, 0.2) is 11.5 Å². The van der Waals surface area contributed by atoms with Crippen molar-refractivity contribution in [1.29, 1.82) is 0 Å². The Morgan fingerprint density at radius 3 is 2.50 bits per heavy atom. The minimum Gasteiger partial charge on any atom is -0.493 e. The van der Waals surface area contributed by atoms with Crippen LogP contribution < -0.4 is 14.8 Å². The normalized spacial score (nSPS) is 11.1. The summed E-state index contributed by atoms with van der Waals surface area (Å²) in [5.74, 6) is 2.36. The SMILES string of the molecule is COc1cc2cc3c(Nc4cccc(Br)c4)[nH][nH]c-3c2cc1OC. The van der Waals surface area contributed by atoms with E-state index >= 15 is 0 Å². The molecule has 0 amide bonds. The van der Waals surface area contributed by atoms with E-state index in [0.29, 0.717) is 5.75 Å². The first-order valence-electron chi connectivity index (χ1n) is 7.47. The number of halogens is 1. The van der Waals surface area contributed by atoms with Gasteiger partial charge in [-0.1, -0.05) is 22.0 Å². The predicted molar refractivity (Wildman–Crippen MR) is 99.8 cm³/mol. The maximum Gasteiger partial charge on any atom is 0.161 e. The molecule has 0 saturated carbocycles. The molecular formula is C18H16BrN3O2. The summed E-state index contributed by atoms with van der Waals surface area (Å²) in [5, 5.41) is 12.0. The van der Waals surface area contributed by atoms with Crippen molar-refractivity contribution in [2.45, 2.75) is 0 Å². The van der Waals surface area contributed by atoms with Crippen LogP contribution in [0.15, 0.2) is 46.9 Å². The predicted octanol–water partition coefficient (Wildman–Crippen LogP) is 5.12. The highest BCUT2D eigenvalue weighted by Crippen LogP contribution is 2.42. The number of hydrogen-bond acceptors (Lipinski definition) is 3. The smallest absolute Gasteiger partial charge is 0.161 e. The van der Waals surface area contributed by atoms with Gasteiger partial charge in [-0.05, 0) is 41.8 Å². The molecular weight excluding hydrogens is 370 g/mol. The first kappa shape index (κ1) is 15.0. The average Bonchev–Trinajstić information content (AvgIpc) is 3.13. The molecule has 0 unspecified atom stereocenters. The van der Waals surface area contributed by atoms with Crippen molar-refractivity contribution in [1.82, 2.24) is 10.2 Å². The van der Waals surface area contributed by atoms with Gasteiger partial charge in [0, 0.05) is 21.1 Å². The zero-order valence-electron chi connectivity index (χ0n) is 13.2. The molecule has 2 aromatic carbocycles. The van der Waals surface area contributed by atoms with Crippen LogP contribution in [0.5, 0.6) is 11.5 Å². The standard InChI is InChI=1S/C18H16BrN3O2/c1-23-15-7-10-6-14-17(13(10)9-16(15)24-2)21-22-18(14)20-12-5-3-4-11(19)8-12/h3-9,20-22H,1-2H3. The minimum absolute atomic E-state index is 0.716. The molecule has 0 atom stereocenters. The summed E-state index contributed by atoms with van der Waals surface area (Å²) in [6, 6.07) is 14.1. The molecule has 1 aliphatic heterocycles. The van der Waals surface area contributed by atoms with Gasteiger partial charge in [-0.25, -0.2) is 0 Å². The highest BCUT2D eigenvalue weighted by atomic mass is 79.9. The summed E-state index contributed by atoms with van der Waals surface area (Å²) < 4.78 is 11.8. The summed E-state index contributed by atoms with van der Waals surface area (Å²) in [6.07, 6.45) is 0. The second-order valence-corrected chi connectivity index (χ2v) is 6.40. The van der Waals surface area contributed by atoms with Crippen molar-refractivity contribution >= 4 is 38.2 Å². The fourth-order valence-electron chi connectivity index (χ4n) is 2.94. The first-order chi connectivity index (χ1) is 11.7. The number of aromatic nitrogens is 2. The van der Waals surface area contributed by atoms with Gasteiger partial charge in [-0.3, -0.25) is 10.2 Å². The van der Waals surface area contributed by atoms with Crippen LogP contribution in [0.3, 0.4) is 0 Å². The number of fused-ring (bicyclic) bond motifs is 3. The Balaban J connectivity index is 1.79. The highest BCUT2D eigenvalue weighted by Gasteiger charge is 2.19. The van der Waals surface area contributed by atoms with E-state index in [4.69, 9.17) is 9.47 Å². The Hall–Kier alpha value is -2.60. The molecule has 2 aromatic rings. The molecule has 0 bridgehead atoms. The van der Waals surface area contributed by atoms with E-state index in [1.807, 2.05) is 36.4 Å². The Bertz CT molecular complexity index is 989. The number of nitrogens with one attached hydrogen (secondary N) is 3. The fourth-order valence-corrected chi connectivity index (χ4v) is 3.34. The average molecular weight is 386 g/mol. The molecule has 3 N–H and O–H groups in total. The van der Waals surface area contributed by atoms with Crippen molar-refractivity contribution in [3.8, 4) is 22.8 Å². The van der Waals surface area contributed by atoms with Crippen LogP contribution in [0.2, 0.25) is 0 Å². The number of hydrogen-bond donors (Lipinski definition) is 3. The Morgan fingerprint density at radius 2 is 1.75 bits per heavy atom. The molecule has 4 rings (SSSR count). The molecule has 6 heteroatoms. The fraction of sp³-hybridized carbons (Fsp3) is 0.111. The van der Waals surface area contributed by atoms with E-state index in [2.05, 4.69) is 37.5 Å². The van der Waals surface area contributed by atoms with Crippen molar-refractivity contribution in [3.05, 3.63) is 46.9 Å². The molecule has 0 radical (unpaired) electrons. The number of ether oxygens (including phenoxy) is 2. The van der Waals surface area contributed by atoms with Crippen LogP contribution in [0, 0.1) is 0 Å². The van der Waals surface area contributed by atoms with E-state index in [-0.39, 0.29) is 0 Å². The van der Waals surface area contributed by atoms with Crippen molar-refractivity contribution < 1.29 is 9.47 Å². The lowest BCUT2D eigenvalue weighted by atomic mass is 10.2. The molecule has 1 heterocycles. The maximum absolute atomic E-state index is 5.41. The summed E-state index contributed by atoms with van der Waals surface area (Å²) in [6.45, 7) is 0. The molecule has 5 nitrogen and oxygen atoms in total. The zero-order chi connectivity index (χ0) is 16.7. The number of methoxy groups -OCH3 is 2. The van der Waals surface area contributed by atoms with Crippen molar-refractivity contribution in [3.63, 3.8) is 0 Å². The van der Waals surface area contributed by atoms with Gasteiger partial charge in [0.05, 0.1) is 19.9 Å². The zero-order valence-corrected chi connectivity index (χ0v) is 14.8. The summed E-state index contributed by atoms with van der Waals surface area (Å²) in [7, 11) is 3.29. The van der Waals surface area contributed by atoms with E-state index in [9.17, 15) is 0 Å². The summed E-state index contributed by atoms with van der Waals surface area (Å²) in [5.41, 5.74) is 3.12. The van der Waals surface area contributed by atoms with Crippen molar-refractivity contribution in [2.75, 3.05) is 19.5 Å². The van der Waals surface area contributed by atoms with Gasteiger partial charge < -0.3 is 14.8 Å². The van der Waals surface area contributed by atoms with Gasteiger partial charge >= 0.3 is 0 Å². The van der Waals surface area contributed by atoms with Crippen molar-refractivity contribution in [2.24, 2.45) is 0 Å². The molecule has 1 aliphatic carbocycles. The van der Waals surface area contributed by atoms with Gasteiger partial charge in [-0.15, -0.1) is 0 Å². The maximum atomic E-state index is 5.41. The van der Waals surface area contributed by atoms with Crippen LogP contribution in [-0.2, 0) is 0 Å². The number of benzene rings is 2. The lowest BCUT2D eigenvalue weighted by Gasteiger charge is -2.07. The third-order valence-electron chi connectivity index (χ3n) is 4.07. The molecule has 2 aliphatic rings. The third-order valence-corrected chi connectivity index (χ3v) is 4.56. The number of anilines is 2. The number of aromatic amines is 2. The Labute approximate surface area is 147 Å². The van der Waals surface area contributed by atoms with E-state index < -0.39 is 0 Å². The monoisotopic (exact) mass is 385 g/mol. The lowest BCUT2D eigenvalue weighted by molar-refractivity contribution is 0.356. The number of rotatable bonds is 4. The third kappa shape index (κ3) is 2.39. The Morgan fingerprint density at radius 1 is 0.958 bits per heavy atom. The highest BCUT2D eigenvalue weighted by molar-refractivity contribution is 9.10. The largest absolute Gasteiger partial charge is 0.493 e. The first-order valence-corrected chi connectivity index (χ1v) is 8.26. The van der Waals surface area contributed by atoms with Gasteiger partial charge in [0.2, 0.25) is 0 Å². The second kappa shape index (κ2) is 5.79. The Kier molecular flexibility index (Phi) is 3.61. The molecule has 24 heavy (non-hydrogen) atoms. The molecule has 0 spiro atoms. The molecule has 122 valence electrons. The minimum atomic E-state index is 0.716. The quantitative estimate of drug-likeness (QED) is 0.456. The van der Waals surface area contributed by atoms with E-state index in [1.165, 1.54) is 0 Å². The second-order valence-electron chi connectivity index (χ2n) is 5.49. The molecule has 0 saturated heterocycles. The van der Waals surface area contributed by atoms with Gasteiger partial charge in [0.25, 0.3) is 0 Å². The topological polar surface area (TPSA) is 62.1 Å². The van der Waals surface area contributed by atoms with Crippen LogP contribution in [0.25, 0.3) is 22.0 Å². The van der Waals surface area contributed by atoms with E-state index in [1.54, 1.807) is 14.2 Å². The molecule has 0 aromatic heterocycles. The van der Waals surface area contributed by atoms with Crippen LogP contribution in [0.4, 0.5) is 11.5 Å². The van der Waals surface area contributed by atoms with Crippen LogP contribution in [0.1, 0.15) is 0 Å². The summed E-state index contributed by atoms with van der Waals surface area (Å²) in [4.78, 5) is 0. The summed E-state index contributed by atoms with van der Waals surface area (Å²) >= 11 is 3.49. The van der Waals surface area contributed by atoms with Gasteiger partial charge in [0.1, 0.15) is 5.82 Å². The van der Waals surface area contributed by atoms with Crippen LogP contribution in [-0.4, -0.2) is 24.4 Å².